The van der Waals surface area contributed by atoms with Crippen molar-refractivity contribution in [3.05, 3.63) is 29.8 Å². The van der Waals surface area contributed by atoms with E-state index in [0.29, 0.717) is 18.5 Å². The van der Waals surface area contributed by atoms with Gasteiger partial charge in [0.1, 0.15) is 5.75 Å². The summed E-state index contributed by atoms with van der Waals surface area (Å²) in [4.78, 5) is 2.32. The molecule has 3 atom stereocenters. The Morgan fingerprint density at radius 3 is 3.00 bits per heavy atom. The van der Waals surface area contributed by atoms with Crippen LogP contribution < -0.4 is 10.5 Å². The van der Waals surface area contributed by atoms with Crippen molar-refractivity contribution in [3.63, 3.8) is 0 Å². The molecule has 20 heavy (non-hydrogen) atoms. The number of aliphatic hydroxyl groups excluding tert-OH is 1. The Balaban J connectivity index is 1.95. The van der Waals surface area contributed by atoms with Gasteiger partial charge in [0.25, 0.3) is 0 Å². The summed E-state index contributed by atoms with van der Waals surface area (Å²) in [5, 5.41) is 10.4. The minimum Gasteiger partial charge on any atom is -0.497 e. The number of nitrogens with two attached hydrogens (primary N) is 1. The number of ether oxygens (including phenoxy) is 1. The Morgan fingerprint density at radius 2 is 2.30 bits per heavy atom. The van der Waals surface area contributed by atoms with Gasteiger partial charge in [-0.05, 0) is 36.6 Å². The zero-order valence-electron chi connectivity index (χ0n) is 12.5. The van der Waals surface area contributed by atoms with Crippen molar-refractivity contribution in [2.24, 2.45) is 11.7 Å². The summed E-state index contributed by atoms with van der Waals surface area (Å²) >= 11 is 0. The Bertz CT molecular complexity index is 425. The van der Waals surface area contributed by atoms with E-state index in [2.05, 4.69) is 11.8 Å². The molecule has 1 aliphatic heterocycles. The topological polar surface area (TPSA) is 58.7 Å². The van der Waals surface area contributed by atoms with E-state index in [1.807, 2.05) is 24.3 Å². The van der Waals surface area contributed by atoms with Crippen molar-refractivity contribution in [3.8, 4) is 5.75 Å². The number of benzene rings is 1. The van der Waals surface area contributed by atoms with Gasteiger partial charge in [-0.15, -0.1) is 0 Å². The van der Waals surface area contributed by atoms with Crippen LogP contribution in [0.15, 0.2) is 24.3 Å². The molecule has 2 rings (SSSR count). The van der Waals surface area contributed by atoms with Crippen LogP contribution in [-0.2, 0) is 0 Å². The lowest BCUT2D eigenvalue weighted by atomic mass is 9.90. The van der Waals surface area contributed by atoms with Gasteiger partial charge in [-0.3, -0.25) is 0 Å². The lowest BCUT2D eigenvalue weighted by molar-refractivity contribution is 0.0764. The third-order valence-corrected chi connectivity index (χ3v) is 4.31. The smallest absolute Gasteiger partial charge is 0.119 e. The van der Waals surface area contributed by atoms with Gasteiger partial charge in [0.15, 0.2) is 0 Å². The lowest BCUT2D eigenvalue weighted by Gasteiger charge is -2.37. The van der Waals surface area contributed by atoms with Crippen LogP contribution in [0.3, 0.4) is 0 Å². The number of methoxy groups -OCH3 is 1. The number of rotatable bonds is 5. The van der Waals surface area contributed by atoms with Crippen LogP contribution in [0.1, 0.15) is 31.4 Å². The van der Waals surface area contributed by atoms with Crippen LogP contribution in [0.25, 0.3) is 0 Å². The standard InChI is InChI=1S/C16H26N2O2/c1-3-12-10-18(8-7-15(12)17)11-16(19)13-5-4-6-14(9-13)20-2/h4-6,9,12,15-16,19H,3,7-8,10-11,17H2,1-2H3. The van der Waals surface area contributed by atoms with Crippen molar-refractivity contribution in [1.82, 2.24) is 4.90 Å². The molecule has 1 aliphatic rings. The van der Waals surface area contributed by atoms with E-state index in [0.717, 1.165) is 37.2 Å². The molecule has 0 spiro atoms. The van der Waals surface area contributed by atoms with Crippen LogP contribution >= 0.6 is 0 Å². The molecule has 1 aromatic carbocycles. The first-order valence-electron chi connectivity index (χ1n) is 7.44. The van der Waals surface area contributed by atoms with Crippen molar-refractivity contribution < 1.29 is 9.84 Å². The largest absolute Gasteiger partial charge is 0.497 e. The van der Waals surface area contributed by atoms with Gasteiger partial charge in [-0.1, -0.05) is 25.5 Å². The molecule has 1 saturated heterocycles. The number of hydrogen-bond donors (Lipinski definition) is 2. The highest BCUT2D eigenvalue weighted by Gasteiger charge is 2.26. The number of β-amino-alcohol motifs (C(OH)–C–C–N with tert-alkyl or cyclic N) is 1. The van der Waals surface area contributed by atoms with Crippen LogP contribution in [0.5, 0.6) is 5.75 Å². The number of aliphatic hydroxyl groups is 1. The maximum Gasteiger partial charge on any atom is 0.119 e. The number of likely N-dealkylation sites (tertiary alicyclic amines) is 1. The predicted octanol–water partition coefficient (Wildman–Crippen LogP) is 1.79. The van der Waals surface area contributed by atoms with Crippen molar-refractivity contribution >= 4 is 0 Å². The molecule has 1 heterocycles. The second-order valence-electron chi connectivity index (χ2n) is 5.67. The normalized spacial score (nSPS) is 25.4. The molecule has 4 nitrogen and oxygen atoms in total. The molecule has 1 fully saturated rings. The highest BCUT2D eigenvalue weighted by atomic mass is 16.5. The molecule has 1 aromatic rings. The summed E-state index contributed by atoms with van der Waals surface area (Å²) in [5.74, 6) is 1.33. The van der Waals surface area contributed by atoms with Crippen LogP contribution in [0.2, 0.25) is 0 Å². The summed E-state index contributed by atoms with van der Waals surface area (Å²) in [7, 11) is 1.64. The Hall–Kier alpha value is -1.10. The van der Waals surface area contributed by atoms with Gasteiger partial charge >= 0.3 is 0 Å². The fourth-order valence-electron chi connectivity index (χ4n) is 2.92. The summed E-state index contributed by atoms with van der Waals surface area (Å²) in [6.45, 7) is 4.81. The molecule has 0 amide bonds. The third-order valence-electron chi connectivity index (χ3n) is 4.31. The van der Waals surface area contributed by atoms with E-state index in [9.17, 15) is 5.11 Å². The zero-order chi connectivity index (χ0) is 14.5. The highest BCUT2D eigenvalue weighted by Crippen LogP contribution is 2.23. The Kier molecular flexibility index (Phi) is 5.40. The molecule has 0 bridgehead atoms. The van der Waals surface area contributed by atoms with Crippen LogP contribution in [-0.4, -0.2) is 42.8 Å². The quantitative estimate of drug-likeness (QED) is 0.862. The molecule has 0 radical (unpaired) electrons. The lowest BCUT2D eigenvalue weighted by Crippen LogP contribution is -2.47. The van der Waals surface area contributed by atoms with Gasteiger partial charge < -0.3 is 20.5 Å². The predicted molar refractivity (Wildman–Crippen MR) is 80.8 cm³/mol. The first kappa shape index (κ1) is 15.3. The summed E-state index contributed by atoms with van der Waals surface area (Å²) in [6.07, 6.45) is 1.65. The summed E-state index contributed by atoms with van der Waals surface area (Å²) in [5.41, 5.74) is 7.04. The minimum atomic E-state index is -0.475. The molecule has 3 N–H and O–H groups in total. The van der Waals surface area contributed by atoms with Crippen molar-refractivity contribution in [2.45, 2.75) is 31.9 Å². The first-order chi connectivity index (χ1) is 9.63. The van der Waals surface area contributed by atoms with E-state index >= 15 is 0 Å². The molecule has 0 aromatic heterocycles. The molecule has 3 unspecified atom stereocenters. The molecule has 0 aliphatic carbocycles. The van der Waals surface area contributed by atoms with E-state index in [4.69, 9.17) is 10.5 Å². The number of hydrogen-bond acceptors (Lipinski definition) is 4. The average molecular weight is 278 g/mol. The third kappa shape index (κ3) is 3.72. The molecular formula is C16H26N2O2. The molecular weight excluding hydrogens is 252 g/mol. The van der Waals surface area contributed by atoms with E-state index in [1.165, 1.54) is 0 Å². The van der Waals surface area contributed by atoms with Crippen LogP contribution in [0.4, 0.5) is 0 Å². The zero-order valence-corrected chi connectivity index (χ0v) is 12.5. The van der Waals surface area contributed by atoms with Gasteiger partial charge in [0.05, 0.1) is 13.2 Å². The van der Waals surface area contributed by atoms with Crippen LogP contribution in [0, 0.1) is 5.92 Å². The summed E-state index contributed by atoms with van der Waals surface area (Å²) < 4.78 is 5.20. The Labute approximate surface area is 121 Å². The fraction of sp³-hybridized carbons (Fsp3) is 0.625. The number of nitrogens with zero attached hydrogens (tertiary/aromatic N) is 1. The second kappa shape index (κ2) is 7.07. The minimum absolute atomic E-state index is 0.310. The molecule has 4 heteroatoms. The van der Waals surface area contributed by atoms with E-state index in [-0.39, 0.29) is 0 Å². The van der Waals surface area contributed by atoms with Gasteiger partial charge in [0, 0.05) is 19.1 Å². The fourth-order valence-corrected chi connectivity index (χ4v) is 2.92. The van der Waals surface area contributed by atoms with E-state index in [1.54, 1.807) is 7.11 Å². The first-order valence-corrected chi connectivity index (χ1v) is 7.44. The van der Waals surface area contributed by atoms with Crippen molar-refractivity contribution in [1.29, 1.82) is 0 Å². The second-order valence-corrected chi connectivity index (χ2v) is 5.67. The maximum absolute atomic E-state index is 10.4. The number of piperidine rings is 1. The molecule has 0 saturated carbocycles. The average Bonchev–Trinajstić information content (AvgIpc) is 2.49. The Morgan fingerprint density at radius 1 is 1.50 bits per heavy atom. The van der Waals surface area contributed by atoms with Gasteiger partial charge in [0.2, 0.25) is 0 Å². The van der Waals surface area contributed by atoms with Gasteiger partial charge in [-0.25, -0.2) is 0 Å². The summed E-state index contributed by atoms with van der Waals surface area (Å²) in [6, 6.07) is 7.96. The SMILES string of the molecule is CCC1CN(CC(O)c2cccc(OC)c2)CCC1N. The maximum atomic E-state index is 10.4. The molecule has 112 valence electrons. The van der Waals surface area contributed by atoms with E-state index < -0.39 is 6.10 Å². The monoisotopic (exact) mass is 278 g/mol. The highest BCUT2D eigenvalue weighted by molar-refractivity contribution is 5.29. The van der Waals surface area contributed by atoms with Gasteiger partial charge in [-0.2, -0.15) is 0 Å². The van der Waals surface area contributed by atoms with Crippen molar-refractivity contribution in [2.75, 3.05) is 26.7 Å².